The van der Waals surface area contributed by atoms with Gasteiger partial charge in [0.15, 0.2) is 12.1 Å². The lowest BCUT2D eigenvalue weighted by molar-refractivity contribution is -0.938. The lowest BCUT2D eigenvalue weighted by Crippen LogP contribution is -2.66. The predicted molar refractivity (Wildman–Crippen MR) is 132 cm³/mol. The highest BCUT2D eigenvalue weighted by Crippen LogP contribution is 2.36. The second kappa shape index (κ2) is 11.5. The van der Waals surface area contributed by atoms with E-state index in [-0.39, 0.29) is 24.4 Å². The molecule has 1 N–H and O–H groups in total. The maximum absolute atomic E-state index is 13.4. The Hall–Kier alpha value is -3.52. The minimum absolute atomic E-state index is 0.0921. The molecular weight excluding hydrogens is 460 g/mol. The number of piperidine rings is 3. The molecule has 1 unspecified atom stereocenters. The summed E-state index contributed by atoms with van der Waals surface area (Å²) in [6.07, 6.45) is 0.950. The highest BCUT2D eigenvalue weighted by molar-refractivity contribution is 5.97. The molecule has 3 saturated heterocycles. The van der Waals surface area contributed by atoms with E-state index in [1.165, 1.54) is 0 Å². The molecule has 3 aliphatic heterocycles. The minimum Gasteiger partial charge on any atom is -0.466 e. The number of ketones is 1. The van der Waals surface area contributed by atoms with Crippen molar-refractivity contribution in [3.63, 3.8) is 0 Å². The molecule has 2 atom stereocenters. The molecule has 36 heavy (non-hydrogen) atoms. The number of esters is 2. The standard InChI is InChI=1S/C28H32N2O6/c1-2-35-26(33)17-25(32)29-27(22-11-7-4-8-12-22)28(34)36-24-19-30(15-13-21(24)14-16-30)18-23(31)20-9-5-3-6-10-20/h3-12,21,24,27H,2,13-19H2,1H3/p+1/t21?,24-,27?,30?/m0/s1. The number of carbonyl (C=O) groups excluding carboxylic acids is 4. The van der Waals surface area contributed by atoms with Crippen molar-refractivity contribution in [3.05, 3.63) is 71.8 Å². The first-order valence-electron chi connectivity index (χ1n) is 12.5. The normalized spacial score (nSPS) is 23.4. The fourth-order valence-electron chi connectivity index (χ4n) is 5.29. The van der Waals surface area contributed by atoms with Gasteiger partial charge in [0.05, 0.1) is 19.7 Å². The van der Waals surface area contributed by atoms with Gasteiger partial charge in [-0.05, 0) is 12.5 Å². The minimum atomic E-state index is -1.04. The Labute approximate surface area is 211 Å². The Morgan fingerprint density at radius 2 is 1.61 bits per heavy atom. The van der Waals surface area contributed by atoms with Gasteiger partial charge in [0.1, 0.15) is 19.5 Å². The van der Waals surface area contributed by atoms with Crippen LogP contribution >= 0.6 is 0 Å². The van der Waals surface area contributed by atoms with E-state index in [9.17, 15) is 19.2 Å². The van der Waals surface area contributed by atoms with Crippen molar-refractivity contribution in [2.45, 2.75) is 38.3 Å². The van der Waals surface area contributed by atoms with E-state index in [0.29, 0.717) is 28.7 Å². The molecule has 0 aromatic heterocycles. The fourth-order valence-corrected chi connectivity index (χ4v) is 5.29. The molecule has 5 rings (SSSR count). The van der Waals surface area contributed by atoms with Crippen molar-refractivity contribution in [2.24, 2.45) is 5.92 Å². The number of amides is 1. The molecule has 0 aliphatic carbocycles. The zero-order chi connectivity index (χ0) is 25.5. The third kappa shape index (κ3) is 6.18. The number of carbonyl (C=O) groups is 4. The molecule has 0 radical (unpaired) electrons. The summed E-state index contributed by atoms with van der Waals surface area (Å²) in [4.78, 5) is 50.5. The first-order chi connectivity index (χ1) is 17.4. The van der Waals surface area contributed by atoms with Gasteiger partial charge in [-0.25, -0.2) is 4.79 Å². The van der Waals surface area contributed by atoms with Crippen molar-refractivity contribution in [3.8, 4) is 0 Å². The van der Waals surface area contributed by atoms with Crippen molar-refractivity contribution in [1.29, 1.82) is 0 Å². The summed E-state index contributed by atoms with van der Waals surface area (Å²) in [5.41, 5.74) is 1.27. The van der Waals surface area contributed by atoms with E-state index in [1.807, 2.05) is 36.4 Å². The predicted octanol–water partition coefficient (Wildman–Crippen LogP) is 2.83. The highest BCUT2D eigenvalue weighted by atomic mass is 16.5. The van der Waals surface area contributed by atoms with Crippen LogP contribution in [0.1, 0.15) is 48.1 Å². The van der Waals surface area contributed by atoms with E-state index in [4.69, 9.17) is 9.47 Å². The molecule has 0 spiro atoms. The van der Waals surface area contributed by atoms with Crippen molar-refractivity contribution in [2.75, 3.05) is 32.8 Å². The smallest absolute Gasteiger partial charge is 0.333 e. The second-order valence-corrected chi connectivity index (χ2v) is 9.62. The molecule has 2 aromatic carbocycles. The molecule has 1 amide bonds. The van der Waals surface area contributed by atoms with Crippen LogP contribution in [-0.2, 0) is 23.9 Å². The Balaban J connectivity index is 1.45. The lowest BCUT2D eigenvalue weighted by Gasteiger charge is -2.51. The van der Waals surface area contributed by atoms with Crippen LogP contribution in [0, 0.1) is 5.92 Å². The Kier molecular flexibility index (Phi) is 8.15. The highest BCUT2D eigenvalue weighted by Gasteiger charge is 2.49. The zero-order valence-electron chi connectivity index (χ0n) is 20.6. The average molecular weight is 494 g/mol. The summed E-state index contributed by atoms with van der Waals surface area (Å²) >= 11 is 0. The number of rotatable bonds is 10. The van der Waals surface area contributed by atoms with Crippen LogP contribution in [0.25, 0.3) is 0 Å². The van der Waals surface area contributed by atoms with Crippen LogP contribution < -0.4 is 5.32 Å². The largest absolute Gasteiger partial charge is 0.466 e. The number of benzene rings is 2. The molecule has 3 aliphatic rings. The Morgan fingerprint density at radius 1 is 0.972 bits per heavy atom. The Morgan fingerprint density at radius 3 is 2.25 bits per heavy atom. The summed E-state index contributed by atoms with van der Waals surface area (Å²) in [7, 11) is 0. The molecular formula is C28H33N2O6+. The molecule has 190 valence electrons. The van der Waals surface area contributed by atoms with Crippen LogP contribution in [0.3, 0.4) is 0 Å². The van der Waals surface area contributed by atoms with Crippen LogP contribution in [0.2, 0.25) is 0 Å². The first-order valence-corrected chi connectivity index (χ1v) is 12.5. The molecule has 8 heteroatoms. The van der Waals surface area contributed by atoms with E-state index >= 15 is 0 Å². The first kappa shape index (κ1) is 25.6. The summed E-state index contributed by atoms with van der Waals surface area (Å²) in [6, 6.07) is 17.1. The zero-order valence-corrected chi connectivity index (χ0v) is 20.6. The van der Waals surface area contributed by atoms with Gasteiger partial charge in [-0.1, -0.05) is 60.7 Å². The van der Waals surface area contributed by atoms with Gasteiger partial charge in [-0.2, -0.15) is 0 Å². The quantitative estimate of drug-likeness (QED) is 0.237. The number of hydrogen-bond donors (Lipinski definition) is 1. The third-order valence-corrected chi connectivity index (χ3v) is 7.17. The van der Waals surface area contributed by atoms with Gasteiger partial charge in [0, 0.05) is 24.3 Å². The van der Waals surface area contributed by atoms with Gasteiger partial charge >= 0.3 is 11.9 Å². The van der Waals surface area contributed by atoms with E-state index in [0.717, 1.165) is 25.9 Å². The Bertz CT molecular complexity index is 1080. The molecule has 2 aromatic rings. The maximum atomic E-state index is 13.4. The van der Waals surface area contributed by atoms with Crippen molar-refractivity contribution in [1.82, 2.24) is 5.32 Å². The molecule has 8 nitrogen and oxygen atoms in total. The van der Waals surface area contributed by atoms with Crippen LogP contribution in [0.4, 0.5) is 0 Å². The van der Waals surface area contributed by atoms with Crippen molar-refractivity contribution < 1.29 is 33.1 Å². The average Bonchev–Trinajstić information content (AvgIpc) is 2.89. The molecule has 2 bridgehead atoms. The molecule has 3 fully saturated rings. The molecule has 0 saturated carbocycles. The van der Waals surface area contributed by atoms with E-state index in [1.54, 1.807) is 31.2 Å². The summed E-state index contributed by atoms with van der Waals surface area (Å²) in [6.45, 7) is 4.56. The summed E-state index contributed by atoms with van der Waals surface area (Å²) in [5.74, 6) is -1.50. The number of hydrogen-bond acceptors (Lipinski definition) is 6. The summed E-state index contributed by atoms with van der Waals surface area (Å²) in [5, 5.41) is 2.65. The monoisotopic (exact) mass is 493 g/mol. The third-order valence-electron chi connectivity index (χ3n) is 7.17. The second-order valence-electron chi connectivity index (χ2n) is 9.62. The number of quaternary nitrogens is 1. The number of Topliss-reactive ketones (excluding diaryl/α,β-unsaturated/α-hetero) is 1. The van der Waals surface area contributed by atoms with Gasteiger partial charge in [-0.3, -0.25) is 14.4 Å². The fraction of sp³-hybridized carbons (Fsp3) is 0.429. The number of ether oxygens (including phenoxy) is 2. The number of fused-ring (bicyclic) bond motifs is 3. The van der Waals surface area contributed by atoms with Crippen molar-refractivity contribution >= 4 is 23.6 Å². The number of nitrogens with one attached hydrogen (secondary N) is 1. The summed E-state index contributed by atoms with van der Waals surface area (Å²) < 4.78 is 11.5. The van der Waals surface area contributed by atoms with Gasteiger partial charge < -0.3 is 19.3 Å². The molecule has 3 heterocycles. The van der Waals surface area contributed by atoms with Gasteiger partial charge in [0.2, 0.25) is 11.7 Å². The van der Waals surface area contributed by atoms with E-state index < -0.39 is 30.3 Å². The SMILES string of the molecule is CCOC(=O)CC(=O)NC(C(=O)O[C@H]1C[N+]2(CC(=O)c3ccccc3)CCC1CC2)c1ccccc1. The number of nitrogens with zero attached hydrogens (tertiary/aromatic N) is 1. The van der Waals surface area contributed by atoms with Crippen LogP contribution in [0.15, 0.2) is 60.7 Å². The lowest BCUT2D eigenvalue weighted by atomic mass is 9.82. The maximum Gasteiger partial charge on any atom is 0.333 e. The topological polar surface area (TPSA) is 98.8 Å². The van der Waals surface area contributed by atoms with E-state index in [2.05, 4.69) is 5.32 Å². The van der Waals surface area contributed by atoms with Crippen LogP contribution in [0.5, 0.6) is 0 Å². The van der Waals surface area contributed by atoms with Gasteiger partial charge in [0.25, 0.3) is 0 Å². The van der Waals surface area contributed by atoms with Gasteiger partial charge in [-0.15, -0.1) is 0 Å². The van der Waals surface area contributed by atoms with Crippen LogP contribution in [-0.4, -0.2) is 67.0 Å².